The van der Waals surface area contributed by atoms with Gasteiger partial charge in [-0.25, -0.2) is 0 Å². The minimum absolute atomic E-state index is 0.136. The minimum atomic E-state index is -0.136. The summed E-state index contributed by atoms with van der Waals surface area (Å²) < 4.78 is 10.6. The van der Waals surface area contributed by atoms with E-state index in [1.165, 1.54) is 0 Å². The van der Waals surface area contributed by atoms with E-state index in [1.807, 2.05) is 18.2 Å². The van der Waals surface area contributed by atoms with Gasteiger partial charge in [0.1, 0.15) is 0 Å². The van der Waals surface area contributed by atoms with E-state index in [0.717, 1.165) is 61.7 Å². The van der Waals surface area contributed by atoms with Gasteiger partial charge in [0.2, 0.25) is 0 Å². The van der Waals surface area contributed by atoms with Crippen molar-refractivity contribution in [1.29, 1.82) is 0 Å². The first kappa shape index (κ1) is 19.4. The molecule has 0 spiro atoms. The first-order chi connectivity index (χ1) is 12.2. The summed E-state index contributed by atoms with van der Waals surface area (Å²) in [6, 6.07) is 6.35. The van der Waals surface area contributed by atoms with E-state index in [-0.39, 0.29) is 6.10 Å². The molecule has 0 radical (unpaired) electrons. The Kier molecular flexibility index (Phi) is 7.85. The molecular weight excluding hydrogens is 318 g/mol. The Hall–Kier alpha value is -1.95. The Morgan fingerprint density at radius 2 is 1.88 bits per heavy atom. The second-order valence-corrected chi connectivity index (χ2v) is 6.35. The van der Waals surface area contributed by atoms with Crippen molar-refractivity contribution in [2.24, 2.45) is 4.99 Å². The van der Waals surface area contributed by atoms with Gasteiger partial charge in [0, 0.05) is 19.1 Å². The second kappa shape index (κ2) is 10.1. The van der Waals surface area contributed by atoms with Crippen LogP contribution in [0.2, 0.25) is 0 Å². The molecule has 0 heterocycles. The molecule has 1 fully saturated rings. The molecule has 6 heteroatoms. The lowest BCUT2D eigenvalue weighted by molar-refractivity contribution is 0.120. The fourth-order valence-corrected chi connectivity index (χ4v) is 3.07. The maximum atomic E-state index is 9.62. The molecule has 2 rings (SSSR count). The Bertz CT molecular complexity index is 555. The molecule has 0 bridgehead atoms. The smallest absolute Gasteiger partial charge is 0.191 e. The predicted molar refractivity (Wildman–Crippen MR) is 101 cm³/mol. The molecule has 140 valence electrons. The third-order valence-corrected chi connectivity index (χ3v) is 4.50. The molecule has 0 aliphatic heterocycles. The minimum Gasteiger partial charge on any atom is -0.493 e. The van der Waals surface area contributed by atoms with Gasteiger partial charge in [-0.3, -0.25) is 4.99 Å². The Balaban J connectivity index is 1.90. The van der Waals surface area contributed by atoms with Crippen LogP contribution >= 0.6 is 0 Å². The maximum absolute atomic E-state index is 9.62. The van der Waals surface area contributed by atoms with Crippen molar-refractivity contribution in [1.82, 2.24) is 10.6 Å². The highest BCUT2D eigenvalue weighted by atomic mass is 16.5. The van der Waals surface area contributed by atoms with Gasteiger partial charge in [-0.15, -0.1) is 0 Å². The summed E-state index contributed by atoms with van der Waals surface area (Å²) in [4.78, 5) is 4.68. The van der Waals surface area contributed by atoms with Crippen LogP contribution in [0.3, 0.4) is 0 Å². The number of rotatable bonds is 7. The predicted octanol–water partition coefficient (Wildman–Crippen LogP) is 2.10. The Morgan fingerprint density at radius 1 is 1.16 bits per heavy atom. The summed E-state index contributed by atoms with van der Waals surface area (Å²) in [7, 11) is 3.29. The van der Waals surface area contributed by atoms with Crippen LogP contribution in [-0.4, -0.2) is 50.5 Å². The lowest BCUT2D eigenvalue weighted by atomic mass is 9.93. The van der Waals surface area contributed by atoms with Gasteiger partial charge in [0.25, 0.3) is 0 Å². The third kappa shape index (κ3) is 6.12. The van der Waals surface area contributed by atoms with Crippen molar-refractivity contribution in [3.63, 3.8) is 0 Å². The average Bonchev–Trinajstić information content (AvgIpc) is 2.63. The summed E-state index contributed by atoms with van der Waals surface area (Å²) in [5.41, 5.74) is 1.16. The molecule has 0 atom stereocenters. The van der Waals surface area contributed by atoms with E-state index in [0.29, 0.717) is 12.6 Å². The quantitative estimate of drug-likeness (QED) is 0.519. The first-order valence-corrected chi connectivity index (χ1v) is 9.10. The number of guanidine groups is 1. The van der Waals surface area contributed by atoms with Crippen LogP contribution in [0.15, 0.2) is 23.2 Å². The van der Waals surface area contributed by atoms with Crippen molar-refractivity contribution in [2.75, 3.05) is 27.3 Å². The van der Waals surface area contributed by atoms with Gasteiger partial charge in [-0.2, -0.15) is 0 Å². The number of nitrogens with one attached hydrogen (secondary N) is 2. The third-order valence-electron chi connectivity index (χ3n) is 4.50. The van der Waals surface area contributed by atoms with Gasteiger partial charge >= 0.3 is 0 Å². The number of methoxy groups -OCH3 is 2. The number of hydrogen-bond donors (Lipinski definition) is 3. The fraction of sp³-hybridized carbons (Fsp3) is 0.632. The van der Waals surface area contributed by atoms with Crippen molar-refractivity contribution >= 4 is 5.96 Å². The molecule has 25 heavy (non-hydrogen) atoms. The largest absolute Gasteiger partial charge is 0.493 e. The lowest BCUT2D eigenvalue weighted by Crippen LogP contribution is -2.45. The molecule has 1 aliphatic carbocycles. The van der Waals surface area contributed by atoms with Crippen molar-refractivity contribution in [3.8, 4) is 11.5 Å². The van der Waals surface area contributed by atoms with E-state index < -0.39 is 0 Å². The molecule has 6 nitrogen and oxygen atoms in total. The van der Waals surface area contributed by atoms with Crippen LogP contribution in [0.25, 0.3) is 0 Å². The van der Waals surface area contributed by atoms with Crippen LogP contribution in [0.4, 0.5) is 0 Å². The van der Waals surface area contributed by atoms with Crippen LogP contribution in [0, 0.1) is 0 Å². The average molecular weight is 349 g/mol. The lowest BCUT2D eigenvalue weighted by Gasteiger charge is -2.27. The highest BCUT2D eigenvalue weighted by Gasteiger charge is 2.19. The van der Waals surface area contributed by atoms with E-state index in [1.54, 1.807) is 14.2 Å². The number of aliphatic hydroxyl groups excluding tert-OH is 1. The van der Waals surface area contributed by atoms with Crippen LogP contribution < -0.4 is 20.1 Å². The zero-order chi connectivity index (χ0) is 18.1. The Morgan fingerprint density at radius 3 is 2.52 bits per heavy atom. The molecule has 1 aromatic carbocycles. The number of aliphatic imine (C=N–C) groups is 1. The van der Waals surface area contributed by atoms with Crippen molar-refractivity contribution in [3.05, 3.63) is 23.8 Å². The topological polar surface area (TPSA) is 75.1 Å². The summed E-state index contributed by atoms with van der Waals surface area (Å²) in [5, 5.41) is 16.4. The zero-order valence-corrected chi connectivity index (χ0v) is 15.5. The van der Waals surface area contributed by atoms with Gasteiger partial charge in [-0.1, -0.05) is 6.07 Å². The number of aliphatic hydroxyl groups is 1. The fourth-order valence-electron chi connectivity index (χ4n) is 3.07. The molecular formula is C19H31N3O3. The molecule has 1 saturated carbocycles. The van der Waals surface area contributed by atoms with Crippen molar-refractivity contribution in [2.45, 2.75) is 51.2 Å². The molecule has 0 aromatic heterocycles. The molecule has 1 aromatic rings. The van der Waals surface area contributed by atoms with E-state index in [2.05, 4.69) is 22.5 Å². The molecule has 1 aliphatic rings. The van der Waals surface area contributed by atoms with Gasteiger partial charge < -0.3 is 25.2 Å². The highest BCUT2D eigenvalue weighted by Crippen LogP contribution is 2.27. The van der Waals surface area contributed by atoms with Gasteiger partial charge in [0.05, 0.1) is 20.3 Å². The molecule has 0 amide bonds. The van der Waals surface area contributed by atoms with Crippen LogP contribution in [0.1, 0.15) is 38.2 Å². The number of ether oxygens (including phenoxy) is 2. The highest BCUT2D eigenvalue weighted by molar-refractivity contribution is 5.80. The number of benzene rings is 1. The molecule has 0 saturated heterocycles. The summed E-state index contributed by atoms with van der Waals surface area (Å²) in [5.74, 6) is 2.34. The summed E-state index contributed by atoms with van der Waals surface area (Å²) in [6.45, 7) is 3.59. The van der Waals surface area contributed by atoms with E-state index in [9.17, 15) is 5.11 Å². The SMILES string of the molecule is CCNC(=NCCc1ccc(OC)c(OC)c1)NC1CCC(O)CC1. The normalized spacial score (nSPS) is 20.9. The second-order valence-electron chi connectivity index (χ2n) is 6.35. The number of hydrogen-bond acceptors (Lipinski definition) is 4. The maximum Gasteiger partial charge on any atom is 0.191 e. The first-order valence-electron chi connectivity index (χ1n) is 9.10. The van der Waals surface area contributed by atoms with Crippen molar-refractivity contribution < 1.29 is 14.6 Å². The summed E-state index contributed by atoms with van der Waals surface area (Å²) >= 11 is 0. The monoisotopic (exact) mass is 349 g/mol. The molecule has 0 unspecified atom stereocenters. The Labute approximate surface area is 150 Å². The van der Waals surface area contributed by atoms with Gasteiger partial charge in [-0.05, 0) is 56.7 Å². The summed E-state index contributed by atoms with van der Waals surface area (Å²) in [6.07, 6.45) is 4.40. The van der Waals surface area contributed by atoms with E-state index >= 15 is 0 Å². The van der Waals surface area contributed by atoms with E-state index in [4.69, 9.17) is 9.47 Å². The van der Waals surface area contributed by atoms with Crippen LogP contribution in [-0.2, 0) is 6.42 Å². The molecule has 3 N–H and O–H groups in total. The standard InChI is InChI=1S/C19H31N3O3/c1-4-20-19(22-15-6-8-16(23)9-7-15)21-12-11-14-5-10-17(24-2)18(13-14)25-3/h5,10,13,15-16,23H,4,6-9,11-12H2,1-3H3,(H2,20,21,22). The number of nitrogens with zero attached hydrogens (tertiary/aromatic N) is 1. The van der Waals surface area contributed by atoms with Gasteiger partial charge in [0.15, 0.2) is 17.5 Å². The zero-order valence-electron chi connectivity index (χ0n) is 15.5. The van der Waals surface area contributed by atoms with Crippen LogP contribution in [0.5, 0.6) is 11.5 Å².